The zero-order valence-corrected chi connectivity index (χ0v) is 12.9. The first-order valence-corrected chi connectivity index (χ1v) is 7.59. The zero-order chi connectivity index (χ0) is 15.9. The highest BCUT2D eigenvalue weighted by Gasteiger charge is 2.26. The number of ether oxygens (including phenoxy) is 1. The van der Waals surface area contributed by atoms with E-state index in [-0.39, 0.29) is 5.91 Å². The highest BCUT2D eigenvalue weighted by atomic mass is 16.5. The molecule has 1 unspecified atom stereocenters. The molecule has 0 saturated carbocycles. The maximum absolute atomic E-state index is 12.4. The van der Waals surface area contributed by atoms with E-state index in [4.69, 9.17) is 10.5 Å². The van der Waals surface area contributed by atoms with E-state index in [0.717, 1.165) is 31.7 Å². The summed E-state index contributed by atoms with van der Waals surface area (Å²) in [5.74, 6) is 0.483. The van der Waals surface area contributed by atoms with Gasteiger partial charge < -0.3 is 20.7 Å². The van der Waals surface area contributed by atoms with E-state index in [1.54, 1.807) is 12.1 Å². The number of benzene rings is 1. The topological polar surface area (TPSA) is 84.7 Å². The predicted octanol–water partition coefficient (Wildman–Crippen LogP) is 1.35. The Hall–Kier alpha value is -2.08. The van der Waals surface area contributed by atoms with E-state index >= 15 is 0 Å². The maximum atomic E-state index is 12.4. The summed E-state index contributed by atoms with van der Waals surface area (Å²) in [5, 5.41) is 2.52. The van der Waals surface area contributed by atoms with Gasteiger partial charge in [0.05, 0.1) is 6.61 Å². The molecule has 120 valence electrons. The van der Waals surface area contributed by atoms with E-state index in [9.17, 15) is 9.59 Å². The first-order valence-electron chi connectivity index (χ1n) is 7.59. The maximum Gasteiger partial charge on any atom is 0.312 e. The molecule has 22 heavy (non-hydrogen) atoms. The van der Waals surface area contributed by atoms with Crippen molar-refractivity contribution < 1.29 is 14.3 Å². The number of hydrogen-bond acceptors (Lipinski definition) is 3. The predicted molar refractivity (Wildman–Crippen MR) is 83.4 cm³/mol. The number of urea groups is 1. The van der Waals surface area contributed by atoms with Crippen molar-refractivity contribution in [2.24, 2.45) is 11.7 Å². The quantitative estimate of drug-likeness (QED) is 0.832. The molecular formula is C16H23N3O3. The van der Waals surface area contributed by atoms with Crippen LogP contribution in [0, 0.1) is 5.92 Å². The van der Waals surface area contributed by atoms with Crippen molar-refractivity contribution in [1.29, 1.82) is 0 Å². The Labute approximate surface area is 130 Å². The van der Waals surface area contributed by atoms with Gasteiger partial charge in [-0.05, 0) is 31.0 Å². The van der Waals surface area contributed by atoms with E-state index in [1.807, 2.05) is 24.0 Å². The zero-order valence-electron chi connectivity index (χ0n) is 12.9. The number of amides is 3. The molecule has 1 aliphatic rings. The fourth-order valence-corrected chi connectivity index (χ4v) is 2.57. The minimum absolute atomic E-state index is 0.0495. The van der Waals surface area contributed by atoms with Crippen molar-refractivity contribution in [3.8, 4) is 0 Å². The van der Waals surface area contributed by atoms with Crippen LogP contribution in [0.4, 0.5) is 4.79 Å². The molecule has 3 N–H and O–H groups in total. The number of hydrogen-bond donors (Lipinski definition) is 2. The lowest BCUT2D eigenvalue weighted by molar-refractivity contribution is 0.0762. The Morgan fingerprint density at radius 2 is 2.09 bits per heavy atom. The summed E-state index contributed by atoms with van der Waals surface area (Å²) in [6.07, 6.45) is 0.992. The third-order valence-electron chi connectivity index (χ3n) is 3.80. The first kappa shape index (κ1) is 16.3. The summed E-state index contributed by atoms with van der Waals surface area (Å²) in [5.41, 5.74) is 6.60. The Morgan fingerprint density at radius 1 is 1.36 bits per heavy atom. The smallest absolute Gasteiger partial charge is 0.312 e. The number of carbonyl (C=O) groups excluding carboxylic acids is 2. The van der Waals surface area contributed by atoms with Crippen LogP contribution < -0.4 is 11.1 Å². The molecule has 0 aliphatic carbocycles. The average molecular weight is 305 g/mol. The second-order valence-electron chi connectivity index (χ2n) is 5.48. The standard InChI is InChI=1S/C16H23N3O3/c1-2-22-11-13-7-8-19(10-13)15(20)14-5-3-12(4-6-14)9-18-16(17)21/h3-6,13H,2,7-11H2,1H3,(H3,17,18,21). The summed E-state index contributed by atoms with van der Waals surface area (Å²) in [7, 11) is 0. The normalized spacial score (nSPS) is 17.5. The third kappa shape index (κ3) is 4.46. The lowest BCUT2D eigenvalue weighted by Crippen LogP contribution is -2.29. The lowest BCUT2D eigenvalue weighted by Gasteiger charge is -2.17. The van der Waals surface area contributed by atoms with Crippen LogP contribution in [0.1, 0.15) is 29.3 Å². The van der Waals surface area contributed by atoms with Crippen LogP contribution in [-0.4, -0.2) is 43.1 Å². The molecule has 1 atom stereocenters. The SMILES string of the molecule is CCOCC1CCN(C(=O)c2ccc(CNC(N)=O)cc2)C1. The molecule has 0 aromatic heterocycles. The largest absolute Gasteiger partial charge is 0.381 e. The van der Waals surface area contributed by atoms with Crippen molar-refractivity contribution in [2.75, 3.05) is 26.3 Å². The molecule has 0 bridgehead atoms. The molecule has 6 nitrogen and oxygen atoms in total. The van der Waals surface area contributed by atoms with Crippen LogP contribution in [0.25, 0.3) is 0 Å². The molecule has 3 amide bonds. The number of nitrogens with two attached hydrogens (primary N) is 1. The molecule has 1 heterocycles. The van der Waals surface area contributed by atoms with Crippen LogP contribution in [0.2, 0.25) is 0 Å². The van der Waals surface area contributed by atoms with Crippen LogP contribution in [0.15, 0.2) is 24.3 Å². The fourth-order valence-electron chi connectivity index (χ4n) is 2.57. The molecule has 6 heteroatoms. The molecular weight excluding hydrogens is 282 g/mol. The number of primary amides is 1. The summed E-state index contributed by atoms with van der Waals surface area (Å²) >= 11 is 0. The van der Waals surface area contributed by atoms with Gasteiger partial charge >= 0.3 is 6.03 Å². The fraction of sp³-hybridized carbons (Fsp3) is 0.500. The average Bonchev–Trinajstić information content (AvgIpc) is 2.99. The molecule has 1 fully saturated rings. The summed E-state index contributed by atoms with van der Waals surface area (Å²) in [4.78, 5) is 25.0. The molecule has 1 saturated heterocycles. The summed E-state index contributed by atoms with van der Waals surface area (Å²) in [6, 6.07) is 6.68. The highest BCUT2D eigenvalue weighted by molar-refractivity contribution is 5.94. The summed E-state index contributed by atoms with van der Waals surface area (Å²) in [6.45, 7) is 5.31. The van der Waals surface area contributed by atoms with Gasteiger partial charge in [-0.2, -0.15) is 0 Å². The second-order valence-corrected chi connectivity index (χ2v) is 5.48. The number of nitrogens with one attached hydrogen (secondary N) is 1. The lowest BCUT2D eigenvalue weighted by atomic mass is 10.1. The number of nitrogens with zero attached hydrogens (tertiary/aromatic N) is 1. The minimum Gasteiger partial charge on any atom is -0.381 e. The van der Waals surface area contributed by atoms with Crippen molar-refractivity contribution >= 4 is 11.9 Å². The van der Waals surface area contributed by atoms with E-state index in [0.29, 0.717) is 24.6 Å². The summed E-state index contributed by atoms with van der Waals surface area (Å²) < 4.78 is 5.43. The van der Waals surface area contributed by atoms with Crippen LogP contribution >= 0.6 is 0 Å². The van der Waals surface area contributed by atoms with Gasteiger partial charge in [-0.15, -0.1) is 0 Å². The van der Waals surface area contributed by atoms with Crippen LogP contribution in [-0.2, 0) is 11.3 Å². The number of carbonyl (C=O) groups is 2. The first-order chi connectivity index (χ1) is 10.6. The van der Waals surface area contributed by atoms with Crippen LogP contribution in [0.5, 0.6) is 0 Å². The van der Waals surface area contributed by atoms with Crippen molar-refractivity contribution in [3.05, 3.63) is 35.4 Å². The monoisotopic (exact) mass is 305 g/mol. The third-order valence-corrected chi connectivity index (χ3v) is 3.80. The molecule has 1 aliphatic heterocycles. The molecule has 2 rings (SSSR count). The van der Waals surface area contributed by atoms with Gasteiger partial charge in [0.2, 0.25) is 0 Å². The van der Waals surface area contributed by atoms with Crippen molar-refractivity contribution in [3.63, 3.8) is 0 Å². The van der Waals surface area contributed by atoms with Gasteiger partial charge in [-0.25, -0.2) is 4.79 Å². The van der Waals surface area contributed by atoms with Gasteiger partial charge in [0.25, 0.3) is 5.91 Å². The van der Waals surface area contributed by atoms with E-state index < -0.39 is 6.03 Å². The van der Waals surface area contributed by atoms with Gasteiger partial charge in [0.1, 0.15) is 0 Å². The second kappa shape index (κ2) is 7.79. The highest BCUT2D eigenvalue weighted by Crippen LogP contribution is 2.19. The van der Waals surface area contributed by atoms with E-state index in [1.165, 1.54) is 0 Å². The molecule has 1 aromatic rings. The Bertz CT molecular complexity index is 516. The van der Waals surface area contributed by atoms with Crippen molar-refractivity contribution in [1.82, 2.24) is 10.2 Å². The number of rotatable bonds is 6. The van der Waals surface area contributed by atoms with Gasteiger partial charge in [0, 0.05) is 37.7 Å². The molecule has 0 radical (unpaired) electrons. The Balaban J connectivity index is 1.89. The Morgan fingerprint density at radius 3 is 2.73 bits per heavy atom. The minimum atomic E-state index is -0.558. The van der Waals surface area contributed by atoms with Crippen molar-refractivity contribution in [2.45, 2.75) is 19.9 Å². The molecule has 0 spiro atoms. The van der Waals surface area contributed by atoms with Crippen LogP contribution in [0.3, 0.4) is 0 Å². The van der Waals surface area contributed by atoms with Gasteiger partial charge in [-0.1, -0.05) is 12.1 Å². The van der Waals surface area contributed by atoms with Gasteiger partial charge in [0.15, 0.2) is 0 Å². The Kier molecular flexibility index (Phi) is 5.77. The van der Waals surface area contributed by atoms with Gasteiger partial charge in [-0.3, -0.25) is 4.79 Å². The van der Waals surface area contributed by atoms with E-state index in [2.05, 4.69) is 5.32 Å². The number of likely N-dealkylation sites (tertiary alicyclic amines) is 1. The molecule has 1 aromatic carbocycles.